The third-order valence-corrected chi connectivity index (χ3v) is 6.21. The van der Waals surface area contributed by atoms with Crippen molar-refractivity contribution >= 4 is 20.7 Å². The molecule has 0 aliphatic carbocycles. The largest absolute Gasteiger partial charge is 0.361 e. The molecule has 2 heterocycles. The van der Waals surface area contributed by atoms with Crippen LogP contribution in [0.25, 0.3) is 10.9 Å². The Hall–Kier alpha value is -2.11. The molecule has 1 N–H and O–H groups in total. The number of nitrogens with zero attached hydrogens (tertiary/aromatic N) is 1. The van der Waals surface area contributed by atoms with Crippen molar-refractivity contribution < 1.29 is 8.42 Å². The van der Waals surface area contributed by atoms with Crippen LogP contribution < -0.4 is 0 Å². The fourth-order valence-electron chi connectivity index (χ4n) is 3.75. The van der Waals surface area contributed by atoms with Crippen LogP contribution in [0.3, 0.4) is 0 Å². The van der Waals surface area contributed by atoms with E-state index in [2.05, 4.69) is 40.3 Å². The Morgan fingerprint density at radius 2 is 2.00 bits per heavy atom. The van der Waals surface area contributed by atoms with E-state index in [4.69, 9.17) is 0 Å². The van der Waals surface area contributed by atoms with E-state index in [1.54, 1.807) is 6.07 Å². The maximum atomic E-state index is 11.8. The molecule has 0 amide bonds. The minimum absolute atomic E-state index is 0.395. The van der Waals surface area contributed by atoms with Crippen molar-refractivity contribution in [2.75, 3.05) is 19.3 Å². The van der Waals surface area contributed by atoms with Gasteiger partial charge in [0.25, 0.3) is 0 Å². The van der Waals surface area contributed by atoms with E-state index in [9.17, 15) is 8.42 Å². The van der Waals surface area contributed by atoms with E-state index in [0.717, 1.165) is 31.6 Å². The Morgan fingerprint density at radius 1 is 1.16 bits per heavy atom. The predicted octanol–water partition coefficient (Wildman–Crippen LogP) is 3.56. The van der Waals surface area contributed by atoms with Gasteiger partial charge in [-0.2, -0.15) is 0 Å². The second-order valence-corrected chi connectivity index (χ2v) is 8.94. The fourth-order valence-corrected chi connectivity index (χ4v) is 4.43. The zero-order valence-electron chi connectivity index (χ0n) is 14.3. The number of fused-ring (bicyclic) bond motifs is 1. The standard InChI is InChI=1S/C20H22N2O2S/c1-25(23,24)18-6-4-5-15(11-18)16-9-10-22(13-16)14-17-12-21-20-8-3-2-7-19(17)20/h2-8,11-12,16,21H,9-10,13-14H2,1H3. The van der Waals surface area contributed by atoms with E-state index in [-0.39, 0.29) is 0 Å². The first kappa shape index (κ1) is 16.4. The zero-order chi connectivity index (χ0) is 17.4. The molecule has 130 valence electrons. The van der Waals surface area contributed by atoms with Gasteiger partial charge in [0.1, 0.15) is 0 Å². The van der Waals surface area contributed by atoms with Crippen molar-refractivity contribution in [1.82, 2.24) is 9.88 Å². The normalized spacial score (nSPS) is 18.8. The summed E-state index contributed by atoms with van der Waals surface area (Å²) in [5.74, 6) is 0.395. The maximum Gasteiger partial charge on any atom is 0.175 e. The molecule has 1 fully saturated rings. The highest BCUT2D eigenvalue weighted by molar-refractivity contribution is 7.90. The third-order valence-electron chi connectivity index (χ3n) is 5.10. The highest BCUT2D eigenvalue weighted by atomic mass is 32.2. The van der Waals surface area contributed by atoms with Gasteiger partial charge in [-0.1, -0.05) is 30.3 Å². The number of rotatable bonds is 4. The van der Waals surface area contributed by atoms with Crippen molar-refractivity contribution in [1.29, 1.82) is 0 Å². The summed E-state index contributed by atoms with van der Waals surface area (Å²) in [4.78, 5) is 6.20. The van der Waals surface area contributed by atoms with Gasteiger partial charge in [0.15, 0.2) is 9.84 Å². The highest BCUT2D eigenvalue weighted by Gasteiger charge is 2.25. The molecule has 4 nitrogen and oxygen atoms in total. The summed E-state index contributed by atoms with van der Waals surface area (Å²) in [6.07, 6.45) is 4.43. The molecule has 1 unspecified atom stereocenters. The summed E-state index contributed by atoms with van der Waals surface area (Å²) < 4.78 is 23.6. The minimum atomic E-state index is -3.15. The van der Waals surface area contributed by atoms with Crippen molar-refractivity contribution in [3.63, 3.8) is 0 Å². The van der Waals surface area contributed by atoms with Gasteiger partial charge < -0.3 is 4.98 Å². The van der Waals surface area contributed by atoms with Crippen LogP contribution in [0.4, 0.5) is 0 Å². The Labute approximate surface area is 148 Å². The number of aromatic nitrogens is 1. The maximum absolute atomic E-state index is 11.8. The lowest BCUT2D eigenvalue weighted by Gasteiger charge is -2.16. The first-order valence-corrected chi connectivity index (χ1v) is 10.5. The number of para-hydroxylation sites is 1. The summed E-state index contributed by atoms with van der Waals surface area (Å²) in [5.41, 5.74) is 3.62. The van der Waals surface area contributed by atoms with Crippen LogP contribution in [0, 0.1) is 0 Å². The number of benzene rings is 2. The van der Waals surface area contributed by atoms with Gasteiger partial charge in [-0.25, -0.2) is 8.42 Å². The van der Waals surface area contributed by atoms with Crippen molar-refractivity contribution in [2.45, 2.75) is 23.8 Å². The molecule has 2 aromatic carbocycles. The Bertz CT molecular complexity index is 1010. The molecule has 1 aliphatic heterocycles. The summed E-state index contributed by atoms with van der Waals surface area (Å²) in [7, 11) is -3.15. The molecule has 1 atom stereocenters. The lowest BCUT2D eigenvalue weighted by Crippen LogP contribution is -2.19. The second-order valence-electron chi connectivity index (χ2n) is 6.92. The van der Waals surface area contributed by atoms with Gasteiger partial charge >= 0.3 is 0 Å². The van der Waals surface area contributed by atoms with Crippen LogP contribution in [0.15, 0.2) is 59.6 Å². The van der Waals surface area contributed by atoms with E-state index < -0.39 is 9.84 Å². The van der Waals surface area contributed by atoms with Crippen molar-refractivity contribution in [3.8, 4) is 0 Å². The van der Waals surface area contributed by atoms with Gasteiger partial charge in [0.2, 0.25) is 0 Å². The van der Waals surface area contributed by atoms with Gasteiger partial charge in [-0.15, -0.1) is 0 Å². The number of hydrogen-bond donors (Lipinski definition) is 1. The first-order valence-electron chi connectivity index (χ1n) is 8.58. The summed E-state index contributed by atoms with van der Waals surface area (Å²) >= 11 is 0. The van der Waals surface area contributed by atoms with Gasteiger partial charge in [-0.05, 0) is 48.2 Å². The lowest BCUT2D eigenvalue weighted by molar-refractivity contribution is 0.328. The number of likely N-dealkylation sites (tertiary alicyclic amines) is 1. The molecule has 0 radical (unpaired) electrons. The molecule has 0 saturated carbocycles. The summed E-state index contributed by atoms with van der Waals surface area (Å²) in [5, 5.41) is 1.28. The molecule has 1 saturated heterocycles. The second kappa shape index (κ2) is 6.32. The smallest absolute Gasteiger partial charge is 0.175 e. The Morgan fingerprint density at radius 3 is 2.84 bits per heavy atom. The predicted molar refractivity (Wildman–Crippen MR) is 100 cm³/mol. The van der Waals surface area contributed by atoms with Gasteiger partial charge in [-0.3, -0.25) is 4.90 Å². The molecule has 1 aliphatic rings. The summed E-state index contributed by atoms with van der Waals surface area (Å²) in [6.45, 7) is 2.92. The number of nitrogens with one attached hydrogen (secondary N) is 1. The summed E-state index contributed by atoms with van der Waals surface area (Å²) in [6, 6.07) is 15.8. The third kappa shape index (κ3) is 3.34. The quantitative estimate of drug-likeness (QED) is 0.779. The first-order chi connectivity index (χ1) is 12.0. The monoisotopic (exact) mass is 354 g/mol. The average molecular weight is 354 g/mol. The van der Waals surface area contributed by atoms with Crippen molar-refractivity contribution in [2.24, 2.45) is 0 Å². The fraction of sp³-hybridized carbons (Fsp3) is 0.300. The number of aromatic amines is 1. The Balaban J connectivity index is 1.50. The molecule has 0 spiro atoms. The van der Waals surface area contributed by atoms with E-state index in [1.807, 2.05) is 18.2 Å². The van der Waals surface area contributed by atoms with Crippen LogP contribution >= 0.6 is 0 Å². The average Bonchev–Trinajstić information content (AvgIpc) is 3.22. The van der Waals surface area contributed by atoms with Crippen LogP contribution in [0.1, 0.15) is 23.5 Å². The van der Waals surface area contributed by atoms with Crippen LogP contribution in [-0.2, 0) is 16.4 Å². The minimum Gasteiger partial charge on any atom is -0.361 e. The van der Waals surface area contributed by atoms with Gasteiger partial charge in [0, 0.05) is 36.4 Å². The molecule has 5 heteroatoms. The SMILES string of the molecule is CS(=O)(=O)c1cccc(C2CCN(Cc3c[nH]c4ccccc34)C2)c1. The van der Waals surface area contributed by atoms with Crippen LogP contribution in [0.2, 0.25) is 0 Å². The molecule has 3 aromatic rings. The zero-order valence-corrected chi connectivity index (χ0v) is 15.1. The molecular weight excluding hydrogens is 332 g/mol. The molecular formula is C20H22N2O2S. The number of sulfone groups is 1. The van der Waals surface area contributed by atoms with Gasteiger partial charge in [0.05, 0.1) is 4.90 Å². The van der Waals surface area contributed by atoms with E-state index >= 15 is 0 Å². The number of hydrogen-bond acceptors (Lipinski definition) is 3. The van der Waals surface area contributed by atoms with Crippen molar-refractivity contribution in [3.05, 3.63) is 65.9 Å². The molecule has 25 heavy (non-hydrogen) atoms. The highest BCUT2D eigenvalue weighted by Crippen LogP contribution is 2.30. The topological polar surface area (TPSA) is 53.2 Å². The van der Waals surface area contributed by atoms with E-state index in [0.29, 0.717) is 10.8 Å². The van der Waals surface area contributed by atoms with E-state index in [1.165, 1.54) is 22.7 Å². The molecule has 4 rings (SSSR count). The van der Waals surface area contributed by atoms with Crippen LogP contribution in [0.5, 0.6) is 0 Å². The number of H-pyrrole nitrogens is 1. The van der Waals surface area contributed by atoms with Crippen LogP contribution in [-0.4, -0.2) is 37.6 Å². The molecule has 1 aromatic heterocycles. The lowest BCUT2D eigenvalue weighted by atomic mass is 9.99. The Kier molecular flexibility index (Phi) is 4.13. The molecule has 0 bridgehead atoms.